The van der Waals surface area contributed by atoms with Gasteiger partial charge in [-0.25, -0.2) is 0 Å². The number of fused-ring (bicyclic) bond motifs is 1. The van der Waals surface area contributed by atoms with Crippen molar-refractivity contribution in [1.82, 2.24) is 9.88 Å². The molecular formula is C26H24Cl2N2O3. The first-order valence-corrected chi connectivity index (χ1v) is 11.3. The third-order valence-corrected chi connectivity index (χ3v) is 6.10. The number of hydrogen-bond donors (Lipinski definition) is 1. The molecule has 0 aliphatic carbocycles. The third kappa shape index (κ3) is 4.95. The van der Waals surface area contributed by atoms with E-state index < -0.39 is 0 Å². The number of aromatic amines is 1. The number of carbonyl (C=O) groups is 1. The van der Waals surface area contributed by atoms with Gasteiger partial charge in [-0.2, -0.15) is 0 Å². The Balaban J connectivity index is 1.68. The van der Waals surface area contributed by atoms with Crippen molar-refractivity contribution in [3.8, 4) is 11.5 Å². The molecule has 0 spiro atoms. The van der Waals surface area contributed by atoms with Crippen LogP contribution in [-0.2, 0) is 4.79 Å². The Labute approximate surface area is 202 Å². The fraction of sp³-hybridized carbons (Fsp3) is 0.192. The molecule has 7 heteroatoms. The lowest BCUT2D eigenvalue weighted by atomic mass is 9.96. The SMILES string of the molecule is CCN(C(=O)COc1ccc(Cl)cc1Cl)C(c1ccc(OC)cc1)c1c[nH]c2ccccc12. The van der Waals surface area contributed by atoms with Gasteiger partial charge in [-0.15, -0.1) is 0 Å². The zero-order valence-electron chi connectivity index (χ0n) is 18.3. The van der Waals surface area contributed by atoms with Crippen LogP contribution in [0.1, 0.15) is 24.1 Å². The van der Waals surface area contributed by atoms with E-state index in [-0.39, 0.29) is 18.6 Å². The normalized spacial score (nSPS) is 11.9. The van der Waals surface area contributed by atoms with Crippen molar-refractivity contribution in [2.75, 3.05) is 20.3 Å². The molecule has 3 aromatic carbocycles. The molecule has 0 fully saturated rings. The Bertz CT molecular complexity index is 1250. The summed E-state index contributed by atoms with van der Waals surface area (Å²) in [5.74, 6) is 1.01. The van der Waals surface area contributed by atoms with Crippen LogP contribution in [0, 0.1) is 0 Å². The van der Waals surface area contributed by atoms with Gasteiger partial charge in [-0.05, 0) is 48.9 Å². The van der Waals surface area contributed by atoms with Gasteiger partial charge in [0.15, 0.2) is 6.61 Å². The molecule has 1 N–H and O–H groups in total. The third-order valence-electron chi connectivity index (χ3n) is 5.57. The van der Waals surface area contributed by atoms with Crippen LogP contribution in [0.25, 0.3) is 10.9 Å². The molecule has 1 aromatic heterocycles. The second-order valence-electron chi connectivity index (χ2n) is 7.51. The van der Waals surface area contributed by atoms with E-state index in [0.29, 0.717) is 22.3 Å². The molecule has 33 heavy (non-hydrogen) atoms. The topological polar surface area (TPSA) is 54.6 Å². The van der Waals surface area contributed by atoms with Crippen molar-refractivity contribution in [1.29, 1.82) is 0 Å². The van der Waals surface area contributed by atoms with Crippen molar-refractivity contribution in [2.24, 2.45) is 0 Å². The summed E-state index contributed by atoms with van der Waals surface area (Å²) in [5, 5.41) is 1.93. The molecule has 1 heterocycles. The number of H-pyrrole nitrogens is 1. The molecule has 0 saturated carbocycles. The number of amides is 1. The van der Waals surface area contributed by atoms with Gasteiger partial charge in [0.1, 0.15) is 11.5 Å². The van der Waals surface area contributed by atoms with E-state index in [1.165, 1.54) is 0 Å². The molecule has 5 nitrogen and oxygen atoms in total. The highest BCUT2D eigenvalue weighted by molar-refractivity contribution is 6.35. The number of benzene rings is 3. The molecule has 170 valence electrons. The number of carbonyl (C=O) groups excluding carboxylic acids is 1. The summed E-state index contributed by atoms with van der Waals surface area (Å²) in [6.07, 6.45) is 1.96. The Morgan fingerprint density at radius 1 is 1.06 bits per heavy atom. The maximum absolute atomic E-state index is 13.4. The number of likely N-dealkylation sites (N-methyl/N-ethyl adjacent to an activating group) is 1. The largest absolute Gasteiger partial charge is 0.497 e. The van der Waals surface area contributed by atoms with Gasteiger partial charge in [0.2, 0.25) is 0 Å². The highest BCUT2D eigenvalue weighted by Gasteiger charge is 2.28. The number of hydrogen-bond acceptors (Lipinski definition) is 3. The summed E-state index contributed by atoms with van der Waals surface area (Å²) >= 11 is 12.2. The predicted octanol–water partition coefficient (Wildman–Crippen LogP) is 6.50. The molecule has 0 aliphatic rings. The Morgan fingerprint density at radius 2 is 1.82 bits per heavy atom. The van der Waals surface area contributed by atoms with Gasteiger partial charge in [0, 0.05) is 34.2 Å². The Hall–Kier alpha value is -3.15. The average molecular weight is 483 g/mol. The van der Waals surface area contributed by atoms with E-state index in [1.54, 1.807) is 30.2 Å². The zero-order chi connectivity index (χ0) is 23.4. The molecule has 0 radical (unpaired) electrons. The van der Waals surface area contributed by atoms with Crippen LogP contribution in [0.3, 0.4) is 0 Å². The lowest BCUT2D eigenvalue weighted by Crippen LogP contribution is -2.38. The summed E-state index contributed by atoms with van der Waals surface area (Å²) in [5.41, 5.74) is 2.99. The van der Waals surface area contributed by atoms with Gasteiger partial charge in [0.25, 0.3) is 5.91 Å². The number of ether oxygens (including phenoxy) is 2. The fourth-order valence-electron chi connectivity index (χ4n) is 3.95. The van der Waals surface area contributed by atoms with Crippen molar-refractivity contribution in [3.05, 3.63) is 94.1 Å². The number of halogens is 2. The zero-order valence-corrected chi connectivity index (χ0v) is 19.9. The molecule has 1 unspecified atom stereocenters. The highest BCUT2D eigenvalue weighted by atomic mass is 35.5. The van der Waals surface area contributed by atoms with E-state index in [0.717, 1.165) is 27.8 Å². The van der Waals surface area contributed by atoms with E-state index in [9.17, 15) is 4.79 Å². The van der Waals surface area contributed by atoms with Crippen LogP contribution in [0.15, 0.2) is 72.9 Å². The lowest BCUT2D eigenvalue weighted by Gasteiger charge is -2.31. The molecule has 0 saturated heterocycles. The van der Waals surface area contributed by atoms with Gasteiger partial charge in [-0.1, -0.05) is 53.5 Å². The first kappa shape index (κ1) is 23.0. The number of nitrogens with zero attached hydrogens (tertiary/aromatic N) is 1. The maximum Gasteiger partial charge on any atom is 0.261 e. The van der Waals surface area contributed by atoms with Crippen molar-refractivity contribution in [3.63, 3.8) is 0 Å². The Morgan fingerprint density at radius 3 is 2.52 bits per heavy atom. The predicted molar refractivity (Wildman–Crippen MR) is 132 cm³/mol. The summed E-state index contributed by atoms with van der Waals surface area (Å²) in [6.45, 7) is 2.30. The summed E-state index contributed by atoms with van der Waals surface area (Å²) in [4.78, 5) is 18.5. The highest BCUT2D eigenvalue weighted by Crippen LogP contribution is 2.35. The van der Waals surface area contributed by atoms with Crippen molar-refractivity contribution < 1.29 is 14.3 Å². The van der Waals surface area contributed by atoms with E-state index in [2.05, 4.69) is 11.1 Å². The molecule has 4 aromatic rings. The van der Waals surface area contributed by atoms with Crippen LogP contribution >= 0.6 is 23.2 Å². The van der Waals surface area contributed by atoms with Gasteiger partial charge < -0.3 is 19.4 Å². The number of para-hydroxylation sites is 1. The van der Waals surface area contributed by atoms with E-state index in [1.807, 2.05) is 55.6 Å². The second-order valence-corrected chi connectivity index (χ2v) is 8.35. The number of nitrogens with one attached hydrogen (secondary N) is 1. The number of methoxy groups -OCH3 is 1. The first-order valence-electron chi connectivity index (χ1n) is 10.6. The van der Waals surface area contributed by atoms with Crippen LogP contribution in [0.5, 0.6) is 11.5 Å². The molecule has 0 bridgehead atoms. The number of aromatic nitrogens is 1. The van der Waals surface area contributed by atoms with Crippen molar-refractivity contribution >= 4 is 40.0 Å². The summed E-state index contributed by atoms with van der Waals surface area (Å²) in [7, 11) is 1.63. The van der Waals surface area contributed by atoms with E-state index in [4.69, 9.17) is 32.7 Å². The maximum atomic E-state index is 13.4. The monoisotopic (exact) mass is 482 g/mol. The van der Waals surface area contributed by atoms with Crippen LogP contribution in [0.2, 0.25) is 10.0 Å². The van der Waals surface area contributed by atoms with Gasteiger partial charge in [0.05, 0.1) is 18.2 Å². The van der Waals surface area contributed by atoms with Crippen molar-refractivity contribution in [2.45, 2.75) is 13.0 Å². The lowest BCUT2D eigenvalue weighted by molar-refractivity contribution is -0.134. The fourth-order valence-corrected chi connectivity index (χ4v) is 4.41. The molecule has 1 amide bonds. The number of rotatable bonds is 8. The molecular weight excluding hydrogens is 459 g/mol. The molecule has 1 atom stereocenters. The van der Waals surface area contributed by atoms with Gasteiger partial charge in [-0.3, -0.25) is 4.79 Å². The smallest absolute Gasteiger partial charge is 0.261 e. The van der Waals surface area contributed by atoms with Crippen LogP contribution < -0.4 is 9.47 Å². The minimum atomic E-state index is -0.311. The second kappa shape index (κ2) is 10.2. The summed E-state index contributed by atoms with van der Waals surface area (Å²) in [6, 6.07) is 20.4. The van der Waals surface area contributed by atoms with Gasteiger partial charge >= 0.3 is 0 Å². The average Bonchev–Trinajstić information content (AvgIpc) is 3.25. The Kier molecular flexibility index (Phi) is 7.11. The first-order chi connectivity index (χ1) is 16.0. The van der Waals surface area contributed by atoms with E-state index >= 15 is 0 Å². The molecule has 4 rings (SSSR count). The van der Waals surface area contributed by atoms with Crippen LogP contribution in [-0.4, -0.2) is 36.1 Å². The quantitative estimate of drug-likeness (QED) is 0.311. The standard InChI is InChI=1S/C26H24Cl2N2O3/c1-3-30(25(31)16-33-24-13-10-18(27)14-22(24)28)26(17-8-11-19(32-2)12-9-17)21-15-29-23-7-5-4-6-20(21)23/h4-15,26,29H,3,16H2,1-2H3. The molecule has 0 aliphatic heterocycles. The van der Waals surface area contributed by atoms with Crippen LogP contribution in [0.4, 0.5) is 0 Å². The minimum absolute atomic E-state index is 0.149. The summed E-state index contributed by atoms with van der Waals surface area (Å²) < 4.78 is 11.1. The minimum Gasteiger partial charge on any atom is -0.497 e.